The highest BCUT2D eigenvalue weighted by molar-refractivity contribution is 7.81. The molecule has 0 bridgehead atoms. The minimum absolute atomic E-state index is 0.145. The van der Waals surface area contributed by atoms with Crippen LogP contribution in [0.3, 0.4) is 0 Å². The van der Waals surface area contributed by atoms with Crippen molar-refractivity contribution in [1.29, 1.82) is 0 Å². The second kappa shape index (κ2) is 9.92. The number of morpholine rings is 1. The maximum absolute atomic E-state index is 12.4. The maximum atomic E-state index is 12.4. The van der Waals surface area contributed by atoms with Crippen LogP contribution in [0.4, 0.5) is 0 Å². The van der Waals surface area contributed by atoms with Crippen molar-refractivity contribution in [2.45, 2.75) is 12.8 Å². The molecule has 7 nitrogen and oxygen atoms in total. The zero-order valence-corrected chi connectivity index (χ0v) is 16.5. The summed E-state index contributed by atoms with van der Waals surface area (Å²) < 4.78 is 5.31. The van der Waals surface area contributed by atoms with E-state index in [1.165, 1.54) is 0 Å². The zero-order chi connectivity index (χ0) is 18.4. The van der Waals surface area contributed by atoms with Gasteiger partial charge in [0, 0.05) is 45.8 Å². The van der Waals surface area contributed by atoms with Crippen molar-refractivity contribution in [3.63, 3.8) is 0 Å². The summed E-state index contributed by atoms with van der Waals surface area (Å²) in [6.07, 6.45) is 2.32. The fourth-order valence-corrected chi connectivity index (χ4v) is 4.28. The molecular formula is C18H32N4O3S. The molecule has 3 heterocycles. The number of piperidine rings is 1. The number of nitrogens with zero attached hydrogens (tertiary/aromatic N) is 4. The number of amides is 2. The number of rotatable bonds is 5. The predicted molar refractivity (Wildman–Crippen MR) is 103 cm³/mol. The average Bonchev–Trinajstić information content (AvgIpc) is 2.70. The molecule has 0 aromatic carbocycles. The number of carbonyl (C=O) groups excluding carboxylic acids is 2. The molecule has 3 aliphatic rings. The van der Waals surface area contributed by atoms with Gasteiger partial charge in [-0.1, -0.05) is 0 Å². The third-order valence-corrected chi connectivity index (χ3v) is 6.08. The summed E-state index contributed by atoms with van der Waals surface area (Å²) in [5, 5.41) is 0. The summed E-state index contributed by atoms with van der Waals surface area (Å²) in [6.45, 7) is 10.1. The highest BCUT2D eigenvalue weighted by Gasteiger charge is 2.27. The predicted octanol–water partition coefficient (Wildman–Crippen LogP) is -0.369. The molecule has 8 heteroatoms. The second-order valence-corrected chi connectivity index (χ2v) is 7.87. The third kappa shape index (κ3) is 5.58. The number of hydrogen-bond acceptors (Lipinski definition) is 6. The summed E-state index contributed by atoms with van der Waals surface area (Å²) >= 11 is 4.08. The average molecular weight is 385 g/mol. The summed E-state index contributed by atoms with van der Waals surface area (Å²) in [7, 11) is 0. The minimum Gasteiger partial charge on any atom is -0.378 e. The van der Waals surface area contributed by atoms with Crippen LogP contribution in [0.1, 0.15) is 12.8 Å². The first-order valence-electron chi connectivity index (χ1n) is 9.84. The summed E-state index contributed by atoms with van der Waals surface area (Å²) in [4.78, 5) is 32.7. The molecule has 26 heavy (non-hydrogen) atoms. The first kappa shape index (κ1) is 19.9. The van der Waals surface area contributed by atoms with Gasteiger partial charge in [-0.05, 0) is 31.8 Å². The van der Waals surface area contributed by atoms with Gasteiger partial charge >= 0.3 is 0 Å². The Morgan fingerprint density at radius 3 is 2.04 bits per heavy atom. The van der Waals surface area contributed by atoms with Crippen LogP contribution in [0.15, 0.2) is 0 Å². The Hall–Kier alpha value is -0.830. The molecular weight excluding hydrogens is 352 g/mol. The van der Waals surface area contributed by atoms with Crippen LogP contribution in [0.5, 0.6) is 0 Å². The van der Waals surface area contributed by atoms with E-state index < -0.39 is 0 Å². The van der Waals surface area contributed by atoms with Crippen molar-refractivity contribution in [3.8, 4) is 0 Å². The molecule has 0 radical (unpaired) electrons. The summed E-state index contributed by atoms with van der Waals surface area (Å²) in [5.41, 5.74) is 0. The summed E-state index contributed by atoms with van der Waals surface area (Å²) in [5.74, 6) is 1.40. The molecule has 0 spiro atoms. The Balaban J connectivity index is 1.33. The lowest BCUT2D eigenvalue weighted by Crippen LogP contribution is -2.51. The first-order valence-corrected chi connectivity index (χ1v) is 10.5. The molecule has 0 saturated carbocycles. The van der Waals surface area contributed by atoms with E-state index >= 15 is 0 Å². The molecule has 3 fully saturated rings. The van der Waals surface area contributed by atoms with Crippen LogP contribution in [0, 0.1) is 5.92 Å². The molecule has 3 aliphatic heterocycles. The van der Waals surface area contributed by atoms with Gasteiger partial charge in [-0.2, -0.15) is 12.6 Å². The Morgan fingerprint density at radius 2 is 1.42 bits per heavy atom. The molecule has 0 aliphatic carbocycles. The van der Waals surface area contributed by atoms with E-state index in [9.17, 15) is 9.59 Å². The third-order valence-electron chi connectivity index (χ3n) is 5.81. The largest absolute Gasteiger partial charge is 0.378 e. The van der Waals surface area contributed by atoms with Gasteiger partial charge in [-0.3, -0.25) is 19.4 Å². The molecule has 0 aromatic rings. The fraction of sp³-hybridized carbons (Fsp3) is 0.889. The normalized spacial score (nSPS) is 24.0. The lowest BCUT2D eigenvalue weighted by atomic mass is 9.96. The number of thiol groups is 1. The fourth-order valence-electron chi connectivity index (χ4n) is 4.08. The second-order valence-electron chi connectivity index (χ2n) is 7.55. The monoisotopic (exact) mass is 384 g/mol. The van der Waals surface area contributed by atoms with Gasteiger partial charge in [0.05, 0.1) is 25.5 Å². The number of hydrogen-bond donors (Lipinski definition) is 1. The molecule has 0 aromatic heterocycles. The minimum atomic E-state index is 0.145. The van der Waals surface area contributed by atoms with E-state index in [0.717, 1.165) is 71.7 Å². The van der Waals surface area contributed by atoms with Gasteiger partial charge in [-0.15, -0.1) is 0 Å². The van der Waals surface area contributed by atoms with E-state index in [1.807, 2.05) is 9.80 Å². The van der Waals surface area contributed by atoms with Crippen molar-refractivity contribution in [3.05, 3.63) is 0 Å². The standard InChI is InChI=1S/C18H32N4O3S/c23-17(22-9-11-25-12-10-22)14-19-3-1-16(2-4-19)13-20-5-7-21(8-6-20)18(24)15-26/h16,26H,1-15H2. The van der Waals surface area contributed by atoms with Gasteiger partial charge in [0.1, 0.15) is 0 Å². The van der Waals surface area contributed by atoms with Gasteiger partial charge in [0.15, 0.2) is 0 Å². The van der Waals surface area contributed by atoms with Crippen molar-refractivity contribution < 1.29 is 14.3 Å². The summed E-state index contributed by atoms with van der Waals surface area (Å²) in [6, 6.07) is 0. The smallest absolute Gasteiger partial charge is 0.236 e. The molecule has 148 valence electrons. The Labute approximate surface area is 162 Å². The Kier molecular flexibility index (Phi) is 7.60. The van der Waals surface area contributed by atoms with Crippen molar-refractivity contribution >= 4 is 24.4 Å². The lowest BCUT2D eigenvalue weighted by molar-refractivity contribution is -0.137. The number of carbonyl (C=O) groups is 2. The highest BCUT2D eigenvalue weighted by Crippen LogP contribution is 2.19. The van der Waals surface area contributed by atoms with Crippen molar-refractivity contribution in [2.75, 3.05) is 84.4 Å². The van der Waals surface area contributed by atoms with E-state index in [1.54, 1.807) is 0 Å². The highest BCUT2D eigenvalue weighted by atomic mass is 32.1. The quantitative estimate of drug-likeness (QED) is 0.656. The van der Waals surface area contributed by atoms with Crippen LogP contribution >= 0.6 is 12.6 Å². The van der Waals surface area contributed by atoms with Gasteiger partial charge in [0.25, 0.3) is 0 Å². The SMILES string of the molecule is O=C(CS)N1CCN(CC2CCN(CC(=O)N3CCOCC3)CC2)CC1. The molecule has 0 N–H and O–H groups in total. The Bertz CT molecular complexity index is 471. The van der Waals surface area contributed by atoms with E-state index in [2.05, 4.69) is 22.4 Å². The van der Waals surface area contributed by atoms with Gasteiger partial charge in [0.2, 0.25) is 11.8 Å². The number of likely N-dealkylation sites (tertiary alicyclic amines) is 1. The number of ether oxygens (including phenoxy) is 1. The maximum Gasteiger partial charge on any atom is 0.236 e. The van der Waals surface area contributed by atoms with E-state index in [0.29, 0.717) is 31.4 Å². The number of piperazine rings is 1. The first-order chi connectivity index (χ1) is 12.7. The molecule has 0 atom stereocenters. The molecule has 3 saturated heterocycles. The lowest BCUT2D eigenvalue weighted by Gasteiger charge is -2.39. The molecule has 0 unspecified atom stereocenters. The molecule has 3 rings (SSSR count). The van der Waals surface area contributed by atoms with E-state index in [-0.39, 0.29) is 11.8 Å². The van der Waals surface area contributed by atoms with Crippen LogP contribution in [0.2, 0.25) is 0 Å². The molecule has 2 amide bonds. The van der Waals surface area contributed by atoms with Crippen LogP contribution in [0.25, 0.3) is 0 Å². The van der Waals surface area contributed by atoms with Crippen LogP contribution < -0.4 is 0 Å². The Morgan fingerprint density at radius 1 is 0.808 bits per heavy atom. The van der Waals surface area contributed by atoms with Crippen molar-refractivity contribution in [1.82, 2.24) is 19.6 Å². The van der Waals surface area contributed by atoms with Crippen LogP contribution in [-0.2, 0) is 14.3 Å². The topological polar surface area (TPSA) is 56.3 Å². The van der Waals surface area contributed by atoms with Crippen LogP contribution in [-0.4, -0.2) is 116 Å². The zero-order valence-electron chi connectivity index (χ0n) is 15.6. The van der Waals surface area contributed by atoms with E-state index in [4.69, 9.17) is 4.74 Å². The van der Waals surface area contributed by atoms with Gasteiger partial charge in [-0.25, -0.2) is 0 Å². The van der Waals surface area contributed by atoms with Crippen molar-refractivity contribution in [2.24, 2.45) is 5.92 Å². The van der Waals surface area contributed by atoms with Gasteiger partial charge < -0.3 is 14.5 Å².